The Morgan fingerprint density at radius 1 is 1.13 bits per heavy atom. The molecule has 0 aliphatic rings. The molecule has 1 nitrogen and oxygen atoms in total. The fourth-order valence-electron chi connectivity index (χ4n) is 2.16. The molecule has 0 saturated heterocycles. The second-order valence-electron chi connectivity index (χ2n) is 3.88. The summed E-state index contributed by atoms with van der Waals surface area (Å²) in [4.78, 5) is 0. The zero-order chi connectivity index (χ0) is 11.3. The second-order valence-corrected chi connectivity index (χ2v) is 3.88. The lowest BCUT2D eigenvalue weighted by molar-refractivity contribution is 0.414. The van der Waals surface area contributed by atoms with Crippen molar-refractivity contribution in [3.8, 4) is 5.75 Å². The lowest BCUT2D eigenvalue weighted by Gasteiger charge is -2.30. The van der Waals surface area contributed by atoms with Crippen molar-refractivity contribution < 1.29 is 4.74 Å². The molecule has 81 valence electrons. The molecule has 0 aliphatic carbocycles. The number of rotatable bonds is 5. The molecule has 0 atom stereocenters. The van der Waals surface area contributed by atoms with E-state index >= 15 is 0 Å². The molecular weight excluding hydrogens is 183 g/mol. The average Bonchev–Trinajstić information content (AvgIpc) is 2.33. The highest BCUT2D eigenvalue weighted by molar-refractivity contribution is 6.38. The minimum atomic E-state index is 0.228. The normalized spacial score (nSPS) is 11.2. The molecule has 0 heterocycles. The summed E-state index contributed by atoms with van der Waals surface area (Å²) in [6, 6.07) is 8.43. The van der Waals surface area contributed by atoms with Crippen molar-refractivity contribution in [3.05, 3.63) is 29.8 Å². The summed E-state index contributed by atoms with van der Waals surface area (Å²) < 4.78 is 5.17. The summed E-state index contributed by atoms with van der Waals surface area (Å²) in [7, 11) is 4.02. The Bertz CT molecular complexity index is 280. The summed E-state index contributed by atoms with van der Waals surface area (Å²) in [6.07, 6.45) is 2.29. The molecule has 0 aromatic heterocycles. The lowest BCUT2D eigenvalue weighted by Crippen LogP contribution is -2.30. The van der Waals surface area contributed by atoms with Gasteiger partial charge in [0, 0.05) is 0 Å². The third kappa shape index (κ3) is 2.36. The summed E-state index contributed by atoms with van der Waals surface area (Å²) in [6.45, 7) is 6.64. The molecule has 2 heteroatoms. The number of methoxy groups -OCH3 is 1. The SMILES string of the molecule is C[B]C(CC)(CC)c1ccc(OC)cc1. The van der Waals surface area contributed by atoms with Crippen molar-refractivity contribution in [2.24, 2.45) is 0 Å². The Balaban J connectivity index is 3.01. The molecule has 1 aromatic rings. The van der Waals surface area contributed by atoms with Crippen LogP contribution in [0.15, 0.2) is 24.3 Å². The van der Waals surface area contributed by atoms with Crippen molar-refractivity contribution in [1.29, 1.82) is 0 Å². The predicted octanol–water partition coefficient (Wildman–Crippen LogP) is 3.46. The van der Waals surface area contributed by atoms with Gasteiger partial charge in [-0.05, 0) is 23.0 Å². The van der Waals surface area contributed by atoms with Crippen LogP contribution in [0.5, 0.6) is 5.75 Å². The zero-order valence-electron chi connectivity index (χ0n) is 10.2. The summed E-state index contributed by atoms with van der Waals surface area (Å²) in [5.74, 6) is 0.927. The van der Waals surface area contributed by atoms with Crippen molar-refractivity contribution in [2.75, 3.05) is 7.11 Å². The minimum Gasteiger partial charge on any atom is -0.497 e. The van der Waals surface area contributed by atoms with Gasteiger partial charge < -0.3 is 4.74 Å². The van der Waals surface area contributed by atoms with Gasteiger partial charge in [-0.1, -0.05) is 45.6 Å². The third-order valence-corrected chi connectivity index (χ3v) is 3.48. The summed E-state index contributed by atoms with van der Waals surface area (Å²) >= 11 is 0. The van der Waals surface area contributed by atoms with Gasteiger partial charge in [-0.2, -0.15) is 0 Å². The van der Waals surface area contributed by atoms with E-state index in [1.807, 2.05) is 12.1 Å². The van der Waals surface area contributed by atoms with Crippen LogP contribution >= 0.6 is 0 Å². The molecule has 1 rings (SSSR count). The molecule has 0 bridgehead atoms. The van der Waals surface area contributed by atoms with Crippen LogP contribution in [-0.2, 0) is 5.31 Å². The van der Waals surface area contributed by atoms with Crippen molar-refractivity contribution in [2.45, 2.75) is 38.8 Å². The fraction of sp³-hybridized carbons (Fsp3) is 0.538. The fourth-order valence-corrected chi connectivity index (χ4v) is 2.16. The molecule has 0 N–H and O–H groups in total. The quantitative estimate of drug-likeness (QED) is 0.666. The van der Waals surface area contributed by atoms with E-state index in [4.69, 9.17) is 4.74 Å². The van der Waals surface area contributed by atoms with Gasteiger partial charge in [-0.25, -0.2) is 0 Å². The van der Waals surface area contributed by atoms with Gasteiger partial charge in [0.1, 0.15) is 13.0 Å². The van der Waals surface area contributed by atoms with Gasteiger partial charge in [0.25, 0.3) is 0 Å². The largest absolute Gasteiger partial charge is 0.497 e. The van der Waals surface area contributed by atoms with Crippen LogP contribution in [0.1, 0.15) is 32.3 Å². The molecule has 0 unspecified atom stereocenters. The smallest absolute Gasteiger partial charge is 0.120 e. The molecular formula is C13H20BO. The second kappa shape index (κ2) is 5.25. The first-order valence-corrected chi connectivity index (χ1v) is 5.67. The maximum Gasteiger partial charge on any atom is 0.120 e. The molecule has 1 radical (unpaired) electrons. The number of ether oxygens (including phenoxy) is 1. The maximum absolute atomic E-state index is 5.17. The predicted molar refractivity (Wildman–Crippen MR) is 66.9 cm³/mol. The van der Waals surface area contributed by atoms with Gasteiger partial charge in [-0.3, -0.25) is 0 Å². The van der Waals surface area contributed by atoms with E-state index in [0.29, 0.717) is 0 Å². The van der Waals surface area contributed by atoms with Crippen molar-refractivity contribution >= 4 is 7.28 Å². The van der Waals surface area contributed by atoms with Crippen LogP contribution in [0.4, 0.5) is 0 Å². The van der Waals surface area contributed by atoms with E-state index in [9.17, 15) is 0 Å². The number of hydrogen-bond donors (Lipinski definition) is 0. The highest BCUT2D eigenvalue weighted by Crippen LogP contribution is 2.31. The van der Waals surface area contributed by atoms with E-state index in [1.165, 1.54) is 5.56 Å². The lowest BCUT2D eigenvalue weighted by atomic mass is 9.48. The van der Waals surface area contributed by atoms with Crippen LogP contribution in [0.2, 0.25) is 6.82 Å². The topological polar surface area (TPSA) is 9.23 Å². The third-order valence-electron chi connectivity index (χ3n) is 3.48. The number of hydrogen-bond acceptors (Lipinski definition) is 1. The Kier molecular flexibility index (Phi) is 4.25. The van der Waals surface area contributed by atoms with E-state index in [2.05, 4.69) is 40.1 Å². The van der Waals surface area contributed by atoms with Gasteiger partial charge in [0.2, 0.25) is 0 Å². The Morgan fingerprint density at radius 2 is 1.67 bits per heavy atom. The highest BCUT2D eigenvalue weighted by atomic mass is 16.5. The first-order chi connectivity index (χ1) is 7.22. The van der Waals surface area contributed by atoms with Crippen LogP contribution in [0.3, 0.4) is 0 Å². The van der Waals surface area contributed by atoms with E-state index in [1.54, 1.807) is 7.11 Å². The molecule has 0 spiro atoms. The Labute approximate surface area is 94.1 Å². The first kappa shape index (κ1) is 12.2. The van der Waals surface area contributed by atoms with E-state index in [0.717, 1.165) is 18.6 Å². The summed E-state index contributed by atoms with van der Waals surface area (Å²) in [5.41, 5.74) is 1.39. The molecule has 0 aliphatic heterocycles. The van der Waals surface area contributed by atoms with E-state index in [-0.39, 0.29) is 5.31 Å². The standard InChI is InChI=1S/C13H20BO/c1-5-13(6-2,14-3)11-7-9-12(15-4)10-8-11/h7-10H,5-6H2,1-4H3. The molecule has 0 fully saturated rings. The number of benzene rings is 1. The van der Waals surface area contributed by atoms with Crippen molar-refractivity contribution in [1.82, 2.24) is 0 Å². The van der Waals surface area contributed by atoms with Crippen LogP contribution in [0.25, 0.3) is 0 Å². The van der Waals surface area contributed by atoms with Gasteiger partial charge in [0.15, 0.2) is 0 Å². The molecule has 0 amide bonds. The Hall–Kier alpha value is -0.915. The highest BCUT2D eigenvalue weighted by Gasteiger charge is 2.26. The molecule has 15 heavy (non-hydrogen) atoms. The average molecular weight is 203 g/mol. The van der Waals surface area contributed by atoms with Gasteiger partial charge >= 0.3 is 0 Å². The van der Waals surface area contributed by atoms with Crippen LogP contribution < -0.4 is 4.74 Å². The minimum absolute atomic E-state index is 0.228. The first-order valence-electron chi connectivity index (χ1n) is 5.67. The molecule has 1 aromatic carbocycles. The van der Waals surface area contributed by atoms with Crippen LogP contribution in [-0.4, -0.2) is 14.4 Å². The zero-order valence-corrected chi connectivity index (χ0v) is 10.2. The van der Waals surface area contributed by atoms with Gasteiger partial charge in [0.05, 0.1) is 7.11 Å². The molecule has 0 saturated carbocycles. The maximum atomic E-state index is 5.17. The van der Waals surface area contributed by atoms with Gasteiger partial charge in [-0.15, -0.1) is 0 Å². The van der Waals surface area contributed by atoms with Crippen LogP contribution in [0, 0.1) is 0 Å². The monoisotopic (exact) mass is 203 g/mol. The van der Waals surface area contributed by atoms with Crippen molar-refractivity contribution in [3.63, 3.8) is 0 Å². The Morgan fingerprint density at radius 3 is 2.00 bits per heavy atom. The van der Waals surface area contributed by atoms with E-state index < -0.39 is 0 Å². The summed E-state index contributed by atoms with van der Waals surface area (Å²) in [5, 5.41) is 0.228.